The van der Waals surface area contributed by atoms with Crippen molar-refractivity contribution in [2.75, 3.05) is 7.11 Å². The van der Waals surface area contributed by atoms with Gasteiger partial charge in [-0.1, -0.05) is 22.0 Å². The van der Waals surface area contributed by atoms with E-state index in [2.05, 4.69) is 31.3 Å². The van der Waals surface area contributed by atoms with E-state index >= 15 is 0 Å². The van der Waals surface area contributed by atoms with Gasteiger partial charge in [0.25, 0.3) is 5.91 Å². The van der Waals surface area contributed by atoms with Gasteiger partial charge >= 0.3 is 5.92 Å². The predicted octanol–water partition coefficient (Wildman–Crippen LogP) is 5.47. The van der Waals surface area contributed by atoms with Crippen LogP contribution in [0.1, 0.15) is 25.5 Å². The number of nitrogens with one attached hydrogen (secondary N) is 1. The van der Waals surface area contributed by atoms with Crippen LogP contribution in [0.3, 0.4) is 0 Å². The van der Waals surface area contributed by atoms with Crippen molar-refractivity contribution in [3.8, 4) is 17.3 Å². The fraction of sp³-hybridized carbons (Fsp3) is 0.240. The lowest BCUT2D eigenvalue weighted by molar-refractivity contribution is -0.144. The number of alkyl halides is 2. The zero-order valence-electron chi connectivity index (χ0n) is 19.2. The molecule has 0 saturated carbocycles. The number of pyridine rings is 1. The maximum Gasteiger partial charge on any atom is 0.321 e. The summed E-state index contributed by atoms with van der Waals surface area (Å²) in [5, 5.41) is 7.65. The van der Waals surface area contributed by atoms with Crippen molar-refractivity contribution in [1.29, 1.82) is 0 Å². The average molecular weight is 545 g/mol. The molecular formula is C25H23BrF2N4O3. The van der Waals surface area contributed by atoms with Gasteiger partial charge in [0.05, 0.1) is 30.6 Å². The number of ether oxygens (including phenoxy) is 2. The summed E-state index contributed by atoms with van der Waals surface area (Å²) in [5.41, 5.74) is 2.34. The molecule has 1 N–H and O–H groups in total. The maximum absolute atomic E-state index is 13.5. The van der Waals surface area contributed by atoms with Gasteiger partial charge in [0.1, 0.15) is 11.9 Å². The Morgan fingerprint density at radius 2 is 1.94 bits per heavy atom. The highest BCUT2D eigenvalue weighted by Gasteiger charge is 2.35. The quantitative estimate of drug-likeness (QED) is 0.318. The molecule has 0 saturated heterocycles. The Morgan fingerprint density at radius 3 is 2.60 bits per heavy atom. The molecule has 0 unspecified atom stereocenters. The third-order valence-electron chi connectivity index (χ3n) is 5.36. The first-order valence-corrected chi connectivity index (χ1v) is 11.5. The lowest BCUT2D eigenvalue weighted by Crippen LogP contribution is -2.46. The zero-order chi connectivity index (χ0) is 25.2. The molecule has 0 radical (unpaired) electrons. The molecule has 0 bridgehead atoms. The molecule has 35 heavy (non-hydrogen) atoms. The molecule has 10 heteroatoms. The van der Waals surface area contributed by atoms with Gasteiger partial charge in [-0.2, -0.15) is 13.9 Å². The molecule has 0 spiro atoms. The molecule has 1 amide bonds. The van der Waals surface area contributed by atoms with Gasteiger partial charge in [0, 0.05) is 34.6 Å². The number of carbonyl (C=O) groups excluding carboxylic acids is 1. The highest BCUT2D eigenvalue weighted by molar-refractivity contribution is 9.10. The Kier molecular flexibility index (Phi) is 7.02. The smallest absolute Gasteiger partial charge is 0.321 e. The third kappa shape index (κ3) is 5.59. The molecule has 0 aliphatic carbocycles. The minimum absolute atomic E-state index is 0.394. The molecule has 0 fully saturated rings. The number of methoxy groups -OCH3 is 1. The Balaban J connectivity index is 1.64. The van der Waals surface area contributed by atoms with Crippen LogP contribution in [0.5, 0.6) is 11.6 Å². The number of carbonyl (C=O) groups is 1. The molecule has 2 aromatic carbocycles. The van der Waals surface area contributed by atoms with E-state index in [9.17, 15) is 13.6 Å². The summed E-state index contributed by atoms with van der Waals surface area (Å²) in [6, 6.07) is 15.8. The van der Waals surface area contributed by atoms with Crippen LogP contribution >= 0.6 is 15.9 Å². The molecule has 2 atom stereocenters. The number of rotatable bonds is 8. The summed E-state index contributed by atoms with van der Waals surface area (Å²) >= 11 is 3.47. The average Bonchev–Trinajstić information content (AvgIpc) is 3.25. The molecular weight excluding hydrogens is 522 g/mol. The largest absolute Gasteiger partial charge is 0.484 e. The lowest BCUT2D eigenvalue weighted by Gasteiger charge is -2.27. The molecule has 0 aliphatic heterocycles. The van der Waals surface area contributed by atoms with Crippen molar-refractivity contribution in [2.45, 2.75) is 31.9 Å². The van der Waals surface area contributed by atoms with Gasteiger partial charge < -0.3 is 14.8 Å². The Morgan fingerprint density at radius 1 is 1.14 bits per heavy atom. The number of halogens is 3. The molecule has 182 valence electrons. The van der Waals surface area contributed by atoms with Crippen molar-refractivity contribution in [1.82, 2.24) is 20.1 Å². The number of hydrogen-bond acceptors (Lipinski definition) is 5. The second kappa shape index (κ2) is 9.99. The number of hydrogen-bond donors (Lipinski definition) is 1. The lowest BCUT2D eigenvalue weighted by atomic mass is 10.0. The molecule has 2 aromatic heterocycles. The normalized spacial score (nSPS) is 13.3. The van der Waals surface area contributed by atoms with Gasteiger partial charge in [-0.25, -0.2) is 9.67 Å². The summed E-state index contributed by atoms with van der Waals surface area (Å²) in [6.45, 7) is 2.15. The van der Waals surface area contributed by atoms with Crippen LogP contribution in [-0.2, 0) is 4.79 Å². The van der Waals surface area contributed by atoms with E-state index in [0.29, 0.717) is 24.1 Å². The van der Waals surface area contributed by atoms with E-state index in [1.165, 1.54) is 13.3 Å². The second-order valence-electron chi connectivity index (χ2n) is 8.08. The number of nitrogens with zero attached hydrogens (tertiary/aromatic N) is 3. The summed E-state index contributed by atoms with van der Waals surface area (Å²) in [5.74, 6) is -4.02. The van der Waals surface area contributed by atoms with Crippen molar-refractivity contribution in [2.24, 2.45) is 0 Å². The number of amides is 1. The van der Waals surface area contributed by atoms with E-state index in [1.54, 1.807) is 36.0 Å². The van der Waals surface area contributed by atoms with Gasteiger partial charge in [-0.05, 0) is 49.4 Å². The molecule has 2 heterocycles. The Hall–Kier alpha value is -3.53. The third-order valence-corrected chi connectivity index (χ3v) is 5.86. The number of benzene rings is 2. The fourth-order valence-electron chi connectivity index (χ4n) is 3.59. The minimum atomic E-state index is -3.52. The van der Waals surface area contributed by atoms with Crippen molar-refractivity contribution >= 4 is 32.7 Å². The maximum atomic E-state index is 13.5. The molecule has 0 aliphatic rings. The van der Waals surface area contributed by atoms with Gasteiger partial charge in [0.15, 0.2) is 0 Å². The van der Waals surface area contributed by atoms with Crippen LogP contribution in [0.4, 0.5) is 8.78 Å². The number of fused-ring (bicyclic) bond motifs is 1. The van der Waals surface area contributed by atoms with Crippen LogP contribution in [0.25, 0.3) is 16.6 Å². The van der Waals surface area contributed by atoms with E-state index < -0.39 is 24.0 Å². The number of aromatic nitrogens is 3. The van der Waals surface area contributed by atoms with Gasteiger partial charge in [-0.15, -0.1) is 0 Å². The topological polar surface area (TPSA) is 78.3 Å². The fourth-order valence-corrected chi connectivity index (χ4v) is 3.98. The van der Waals surface area contributed by atoms with Crippen molar-refractivity contribution in [3.05, 3.63) is 77.0 Å². The van der Waals surface area contributed by atoms with Crippen LogP contribution in [0.2, 0.25) is 0 Å². The first kappa shape index (κ1) is 24.6. The summed E-state index contributed by atoms with van der Waals surface area (Å²) in [7, 11) is 1.49. The SMILES string of the molecule is COc1ccc([C@@H](Oc2ccc3c(cnn3-c3cccc(Br)c3)c2)[C@H](C)NC(=O)C(C)(F)F)cn1. The summed E-state index contributed by atoms with van der Waals surface area (Å²) in [6.07, 6.45) is 2.45. The van der Waals surface area contributed by atoms with Crippen LogP contribution in [-0.4, -0.2) is 39.7 Å². The highest BCUT2D eigenvalue weighted by Crippen LogP contribution is 2.30. The second-order valence-corrected chi connectivity index (χ2v) is 9.00. The van der Waals surface area contributed by atoms with Crippen molar-refractivity contribution in [3.63, 3.8) is 0 Å². The molecule has 4 rings (SSSR count). The summed E-state index contributed by atoms with van der Waals surface area (Å²) < 4.78 is 41.1. The predicted molar refractivity (Wildman–Crippen MR) is 131 cm³/mol. The van der Waals surface area contributed by atoms with E-state index in [0.717, 1.165) is 21.1 Å². The van der Waals surface area contributed by atoms with E-state index in [-0.39, 0.29) is 0 Å². The molecule has 7 nitrogen and oxygen atoms in total. The minimum Gasteiger partial charge on any atom is -0.484 e. The first-order chi connectivity index (χ1) is 16.7. The van der Waals surface area contributed by atoms with Crippen LogP contribution in [0.15, 0.2) is 71.5 Å². The van der Waals surface area contributed by atoms with Crippen LogP contribution in [0, 0.1) is 0 Å². The Labute approximate surface area is 209 Å². The zero-order valence-corrected chi connectivity index (χ0v) is 20.8. The van der Waals surface area contributed by atoms with Gasteiger partial charge in [-0.3, -0.25) is 4.79 Å². The van der Waals surface area contributed by atoms with Gasteiger partial charge in [0.2, 0.25) is 5.88 Å². The first-order valence-electron chi connectivity index (χ1n) is 10.7. The monoisotopic (exact) mass is 544 g/mol. The Bertz CT molecular complexity index is 1340. The van der Waals surface area contributed by atoms with E-state index in [1.807, 2.05) is 36.4 Å². The van der Waals surface area contributed by atoms with E-state index in [4.69, 9.17) is 9.47 Å². The summed E-state index contributed by atoms with van der Waals surface area (Å²) in [4.78, 5) is 16.1. The van der Waals surface area contributed by atoms with Crippen molar-refractivity contribution < 1.29 is 23.0 Å². The standard InChI is InChI=1S/C25H23BrF2N4O3/c1-15(31-24(33)25(2,27)28)23(16-7-10-22(34-3)29-13-16)35-20-8-9-21-17(11-20)14-30-32(21)19-6-4-5-18(26)12-19/h4-15,23H,1-3H3,(H,31,33)/t15-,23-/m0/s1. The highest BCUT2D eigenvalue weighted by atomic mass is 79.9. The van der Waals surface area contributed by atoms with Crippen LogP contribution < -0.4 is 14.8 Å². The molecule has 4 aromatic rings.